The van der Waals surface area contributed by atoms with Gasteiger partial charge < -0.3 is 35.6 Å². The number of ether oxygens (including phenoxy) is 2. The summed E-state index contributed by atoms with van der Waals surface area (Å²) >= 11 is 0. The molecule has 0 radical (unpaired) electrons. The van der Waals surface area contributed by atoms with Crippen LogP contribution in [0.5, 0.6) is 0 Å². The molecule has 0 aromatic heterocycles. The molecule has 0 aromatic rings. The molecule has 12 heteroatoms. The first kappa shape index (κ1) is 52.9. The Morgan fingerprint density at radius 2 is 1.01 bits per heavy atom. The first-order valence-corrected chi connectivity index (χ1v) is 31.1. The van der Waals surface area contributed by atoms with Crippen LogP contribution in [-0.4, -0.2) is 102 Å². The number of amides is 4. The molecule has 10 rings (SSSR count). The smallest absolute Gasteiger partial charge is 0.363 e. The van der Waals surface area contributed by atoms with Gasteiger partial charge in [-0.15, -0.1) is 0 Å². The van der Waals surface area contributed by atoms with Crippen molar-refractivity contribution in [1.29, 1.82) is 0 Å². The lowest BCUT2D eigenvalue weighted by molar-refractivity contribution is -0.564. The molecule has 12 nitrogen and oxygen atoms in total. The molecule has 4 amide bonds. The fraction of sp³-hybridized carbons (Fsp3) is 0.852. The van der Waals surface area contributed by atoms with E-state index in [-0.39, 0.29) is 24.3 Å². The number of rotatable bonds is 17. The van der Waals surface area contributed by atoms with E-state index in [1.54, 1.807) is 0 Å². The summed E-state index contributed by atoms with van der Waals surface area (Å²) in [7, 11) is 0. The number of nitrogens with one attached hydrogen (secondary N) is 4. The lowest BCUT2D eigenvalue weighted by Crippen LogP contribution is -2.47. The second kappa shape index (κ2) is 25.5. The van der Waals surface area contributed by atoms with Crippen molar-refractivity contribution in [3.8, 4) is 0 Å². The first-order chi connectivity index (χ1) is 35.8. The molecule has 4 N–H and O–H groups in total. The lowest BCUT2D eigenvalue weighted by Gasteiger charge is -2.42. The Morgan fingerprint density at radius 3 is 1.58 bits per heavy atom. The van der Waals surface area contributed by atoms with Crippen molar-refractivity contribution < 1.29 is 33.2 Å². The van der Waals surface area contributed by atoms with Crippen molar-refractivity contribution >= 4 is 29.5 Å². The Bertz CT molecular complexity index is 2000. The van der Waals surface area contributed by atoms with Gasteiger partial charge in [-0.3, -0.25) is 19.2 Å². The van der Waals surface area contributed by atoms with Crippen LogP contribution in [0, 0.1) is 47.3 Å². The molecular formula is C61H97N6O6+. The van der Waals surface area contributed by atoms with E-state index in [0.717, 1.165) is 144 Å². The Balaban J connectivity index is 0.741. The number of nitrogens with zero attached hydrogens (tertiary/aromatic N) is 2. The monoisotopic (exact) mass is 1010 g/mol. The highest BCUT2D eigenvalue weighted by atomic mass is 16.5. The zero-order chi connectivity index (χ0) is 50.1. The van der Waals surface area contributed by atoms with Crippen molar-refractivity contribution in [2.75, 3.05) is 26.2 Å². The van der Waals surface area contributed by atoms with E-state index in [0.29, 0.717) is 37.0 Å². The number of allylic oxidation sites excluding steroid dienone is 2. The highest BCUT2D eigenvalue weighted by molar-refractivity contribution is 6.35. The zero-order valence-electron chi connectivity index (χ0n) is 45.2. The molecule has 1 saturated heterocycles. The summed E-state index contributed by atoms with van der Waals surface area (Å²) in [5.41, 5.74) is 1.24. The van der Waals surface area contributed by atoms with Crippen LogP contribution in [0.1, 0.15) is 219 Å². The Hall–Kier alpha value is -3.57. The zero-order valence-corrected chi connectivity index (χ0v) is 45.2. The van der Waals surface area contributed by atoms with E-state index in [1.807, 2.05) is 0 Å². The lowest BCUT2D eigenvalue weighted by atomic mass is 9.68. The minimum absolute atomic E-state index is 0.135. The van der Waals surface area contributed by atoms with Crippen molar-refractivity contribution in [3.63, 3.8) is 0 Å². The molecule has 2 heterocycles. The number of hydrogen-bond donors (Lipinski definition) is 4. The van der Waals surface area contributed by atoms with Gasteiger partial charge in [-0.25, -0.2) is 0 Å². The van der Waals surface area contributed by atoms with Gasteiger partial charge in [0.2, 0.25) is 0 Å². The van der Waals surface area contributed by atoms with Gasteiger partial charge in [-0.05, 0) is 156 Å². The third-order valence-corrected chi connectivity index (χ3v) is 21.0. The molecule has 8 saturated carbocycles. The fourth-order valence-electron chi connectivity index (χ4n) is 16.9. The number of hydrogen-bond acceptors (Lipinski definition) is 7. The topological polar surface area (TPSA) is 141 Å². The first-order valence-electron chi connectivity index (χ1n) is 31.1. The van der Waals surface area contributed by atoms with Gasteiger partial charge in [-0.1, -0.05) is 103 Å². The highest BCUT2D eigenvalue weighted by Gasteiger charge is 2.51. The molecule has 406 valence electrons. The number of carbonyl (C=O) groups excluding carboxylic acids is 4. The highest BCUT2D eigenvalue weighted by Crippen LogP contribution is 2.48. The van der Waals surface area contributed by atoms with Crippen LogP contribution in [0.3, 0.4) is 0 Å². The van der Waals surface area contributed by atoms with Gasteiger partial charge in [0.15, 0.2) is 18.0 Å². The quantitative estimate of drug-likeness (QED) is 0.0646. The standard InChI is InChI=1S/C61H96N6O6/c1-2-41(33-56-66(52-37-46-21-9-11-23-48(46)39-54(52)72-56)31-15-3-13-29-62-58(68)60(70)64-50-27-25-42-17-5-7-19-44(42)35-50)34-57-67(53-38-47-22-10-12-24-49(47)40-55(53)73-57)32-16-4-14-30-63-59(69)61(71)65-51-28-26-43-18-6-8-20-45(43)36-51/h33-34,42-55H,2-32,35-40H2,1H3,(H3-,62,63,64,65,68,69,70,71)/p+1. The number of fused-ring (bicyclic) bond motifs is 6. The number of unbranched alkanes of at least 4 members (excludes halogenated alkanes) is 4. The van der Waals surface area contributed by atoms with Crippen LogP contribution >= 0.6 is 0 Å². The molecule has 14 atom stereocenters. The van der Waals surface area contributed by atoms with E-state index in [1.165, 1.54) is 134 Å². The fourth-order valence-corrected chi connectivity index (χ4v) is 16.9. The van der Waals surface area contributed by atoms with Crippen LogP contribution in [0.2, 0.25) is 0 Å². The molecule has 2 aliphatic heterocycles. The maximum absolute atomic E-state index is 12.9. The van der Waals surface area contributed by atoms with Gasteiger partial charge in [-0.2, -0.15) is 4.58 Å². The van der Waals surface area contributed by atoms with Crippen LogP contribution in [0.25, 0.3) is 0 Å². The second-order valence-electron chi connectivity index (χ2n) is 25.5. The van der Waals surface area contributed by atoms with Crippen LogP contribution in [0.4, 0.5) is 0 Å². The molecule has 8 aliphatic carbocycles. The van der Waals surface area contributed by atoms with E-state index in [2.05, 4.69) is 49.8 Å². The molecular weight excluding hydrogens is 913 g/mol. The minimum Gasteiger partial charge on any atom is -0.474 e. The Morgan fingerprint density at radius 1 is 0.521 bits per heavy atom. The number of carbonyl (C=O) groups is 4. The average Bonchev–Trinajstić information content (AvgIpc) is 3.92. The molecule has 9 fully saturated rings. The summed E-state index contributed by atoms with van der Waals surface area (Å²) < 4.78 is 16.7. The summed E-state index contributed by atoms with van der Waals surface area (Å²) in [5.74, 6) is 6.34. The average molecular weight is 1010 g/mol. The summed E-state index contributed by atoms with van der Waals surface area (Å²) in [6.45, 7) is 5.16. The maximum Gasteiger partial charge on any atom is 0.363 e. The summed E-state index contributed by atoms with van der Waals surface area (Å²) in [6, 6.07) is 1.07. The molecule has 10 aliphatic rings. The van der Waals surface area contributed by atoms with Gasteiger partial charge in [0, 0.05) is 50.6 Å². The van der Waals surface area contributed by atoms with Gasteiger partial charge >= 0.3 is 29.5 Å². The summed E-state index contributed by atoms with van der Waals surface area (Å²) in [5, 5.41) is 12.0. The van der Waals surface area contributed by atoms with E-state index >= 15 is 0 Å². The van der Waals surface area contributed by atoms with E-state index in [9.17, 15) is 19.2 Å². The third-order valence-electron chi connectivity index (χ3n) is 21.0. The SMILES string of the molecule is CCC(=C/C1=[N+](CCCCCNC(=O)C(=O)NC2CCC3CCCCC3C2)C2CC3CCCCC3CC2O1)/C=C1/OC2CC3CCCCC3CC2N1CCCCCNC(=O)C(=O)NC1CCC2CCCCC2C1. The van der Waals surface area contributed by atoms with Crippen molar-refractivity contribution in [1.82, 2.24) is 26.2 Å². The predicted octanol–water partition coefficient (Wildman–Crippen LogP) is 10.1. The third kappa shape index (κ3) is 13.3. The van der Waals surface area contributed by atoms with E-state index < -0.39 is 23.6 Å². The van der Waals surface area contributed by atoms with Crippen molar-refractivity contribution in [2.45, 2.75) is 255 Å². The molecule has 0 spiro atoms. The predicted molar refractivity (Wildman–Crippen MR) is 286 cm³/mol. The molecule has 73 heavy (non-hydrogen) atoms. The molecule has 0 bridgehead atoms. The van der Waals surface area contributed by atoms with Gasteiger partial charge in [0.25, 0.3) is 0 Å². The van der Waals surface area contributed by atoms with Gasteiger partial charge in [0.1, 0.15) is 12.6 Å². The Labute approximate surface area is 439 Å². The van der Waals surface area contributed by atoms with Gasteiger partial charge in [0.05, 0.1) is 12.1 Å². The molecule has 14 unspecified atom stereocenters. The summed E-state index contributed by atoms with van der Waals surface area (Å²) in [6.07, 6.45) is 44.1. The Kier molecular flexibility index (Phi) is 18.5. The summed E-state index contributed by atoms with van der Waals surface area (Å²) in [4.78, 5) is 54.1. The second-order valence-corrected chi connectivity index (χ2v) is 25.5. The van der Waals surface area contributed by atoms with Crippen LogP contribution in [0.15, 0.2) is 23.6 Å². The van der Waals surface area contributed by atoms with E-state index in [4.69, 9.17) is 9.47 Å². The largest absolute Gasteiger partial charge is 0.474 e. The molecule has 0 aromatic carbocycles. The maximum atomic E-state index is 12.9. The van der Waals surface area contributed by atoms with Crippen LogP contribution < -0.4 is 21.3 Å². The van der Waals surface area contributed by atoms with Crippen molar-refractivity contribution in [2.24, 2.45) is 47.3 Å². The minimum atomic E-state index is -0.483. The van der Waals surface area contributed by atoms with Crippen LogP contribution in [-0.2, 0) is 28.7 Å². The normalized spacial score (nSPS) is 36.5. The van der Waals surface area contributed by atoms with Crippen molar-refractivity contribution in [3.05, 3.63) is 23.6 Å².